The molecule has 0 heterocycles. The summed E-state index contributed by atoms with van der Waals surface area (Å²) in [7, 11) is 0. The van der Waals surface area contributed by atoms with Crippen molar-refractivity contribution in [3.63, 3.8) is 0 Å². The molecular weight excluding hydrogens is 242 g/mol. The number of aliphatic carboxylic acids is 1. The van der Waals surface area contributed by atoms with Crippen molar-refractivity contribution in [2.75, 3.05) is 0 Å². The molecule has 0 aliphatic heterocycles. The van der Waals surface area contributed by atoms with Gasteiger partial charge in [0.05, 0.1) is 0 Å². The van der Waals surface area contributed by atoms with Gasteiger partial charge in [-0.05, 0) is 18.4 Å². The number of benzene rings is 1. The van der Waals surface area contributed by atoms with Crippen LogP contribution in [-0.4, -0.2) is 23.0 Å². The van der Waals surface area contributed by atoms with E-state index in [2.05, 4.69) is 5.32 Å². The topological polar surface area (TPSA) is 66.4 Å². The summed E-state index contributed by atoms with van der Waals surface area (Å²) in [5, 5.41) is 11.8. The lowest BCUT2D eigenvalue weighted by molar-refractivity contribution is -0.142. The third kappa shape index (κ3) is 4.73. The first-order chi connectivity index (χ1) is 9.08. The van der Waals surface area contributed by atoms with Crippen molar-refractivity contribution in [1.82, 2.24) is 5.32 Å². The van der Waals surface area contributed by atoms with Crippen molar-refractivity contribution in [3.05, 3.63) is 35.9 Å². The summed E-state index contributed by atoms with van der Waals surface area (Å²) < 4.78 is 0. The van der Waals surface area contributed by atoms with Gasteiger partial charge in [0.1, 0.15) is 6.04 Å². The highest BCUT2D eigenvalue weighted by Gasteiger charge is 2.23. The SMILES string of the molecule is CCC(CC)C(=O)N[C@@H](Cc1ccccc1)C(=O)O. The predicted octanol–water partition coefficient (Wildman–Crippen LogP) is 2.23. The lowest BCUT2D eigenvalue weighted by Crippen LogP contribution is -2.44. The number of carboxylic acid groups (broad SMARTS) is 1. The van der Waals surface area contributed by atoms with E-state index in [4.69, 9.17) is 0 Å². The van der Waals surface area contributed by atoms with Crippen molar-refractivity contribution in [2.45, 2.75) is 39.2 Å². The van der Waals surface area contributed by atoms with E-state index in [0.717, 1.165) is 18.4 Å². The zero-order valence-electron chi connectivity index (χ0n) is 11.4. The number of nitrogens with one attached hydrogen (secondary N) is 1. The van der Waals surface area contributed by atoms with Crippen LogP contribution >= 0.6 is 0 Å². The van der Waals surface area contributed by atoms with Crippen molar-refractivity contribution in [1.29, 1.82) is 0 Å². The minimum atomic E-state index is -0.997. The summed E-state index contributed by atoms with van der Waals surface area (Å²) in [6.45, 7) is 3.86. The molecule has 1 aromatic carbocycles. The zero-order valence-corrected chi connectivity index (χ0v) is 11.4. The van der Waals surface area contributed by atoms with E-state index in [9.17, 15) is 14.7 Å². The maximum absolute atomic E-state index is 11.9. The Hall–Kier alpha value is -1.84. The molecule has 104 valence electrons. The van der Waals surface area contributed by atoms with Crippen LogP contribution in [0.4, 0.5) is 0 Å². The number of rotatable bonds is 7. The van der Waals surface area contributed by atoms with E-state index in [1.165, 1.54) is 0 Å². The van der Waals surface area contributed by atoms with Crippen LogP contribution in [0.1, 0.15) is 32.3 Å². The maximum Gasteiger partial charge on any atom is 0.326 e. The van der Waals surface area contributed by atoms with Crippen LogP contribution < -0.4 is 5.32 Å². The molecule has 0 radical (unpaired) electrons. The van der Waals surface area contributed by atoms with Gasteiger partial charge in [0, 0.05) is 12.3 Å². The van der Waals surface area contributed by atoms with Crippen LogP contribution in [0.3, 0.4) is 0 Å². The first kappa shape index (κ1) is 15.2. The second kappa shape index (κ2) is 7.56. The zero-order chi connectivity index (χ0) is 14.3. The standard InChI is InChI=1S/C15H21NO3/c1-3-12(4-2)14(17)16-13(15(18)19)10-11-8-6-5-7-9-11/h5-9,12-13H,3-4,10H2,1-2H3,(H,16,17)(H,18,19)/t13-/m0/s1. The average Bonchev–Trinajstić information content (AvgIpc) is 2.40. The van der Waals surface area contributed by atoms with Crippen LogP contribution in [-0.2, 0) is 16.0 Å². The Bertz CT molecular complexity index is 413. The molecule has 1 amide bonds. The minimum absolute atomic E-state index is 0.113. The van der Waals surface area contributed by atoms with E-state index in [0.29, 0.717) is 6.42 Å². The van der Waals surface area contributed by atoms with Crippen LogP contribution in [0.15, 0.2) is 30.3 Å². The summed E-state index contributed by atoms with van der Waals surface area (Å²) in [5.41, 5.74) is 0.903. The molecule has 1 aromatic rings. The van der Waals surface area contributed by atoms with Gasteiger partial charge in [-0.25, -0.2) is 4.79 Å². The highest BCUT2D eigenvalue weighted by atomic mass is 16.4. The Balaban J connectivity index is 2.69. The molecule has 2 N–H and O–H groups in total. The van der Waals surface area contributed by atoms with E-state index in [1.54, 1.807) is 0 Å². The summed E-state index contributed by atoms with van der Waals surface area (Å²) in [4.78, 5) is 23.2. The summed E-state index contributed by atoms with van der Waals surface area (Å²) in [6, 6.07) is 8.45. The molecule has 0 aromatic heterocycles. The van der Waals surface area contributed by atoms with Crippen LogP contribution in [0.2, 0.25) is 0 Å². The monoisotopic (exact) mass is 263 g/mol. The van der Waals surface area contributed by atoms with Gasteiger partial charge in [-0.2, -0.15) is 0 Å². The molecule has 1 atom stereocenters. The fourth-order valence-corrected chi connectivity index (χ4v) is 2.00. The number of carbonyl (C=O) groups excluding carboxylic acids is 1. The minimum Gasteiger partial charge on any atom is -0.480 e. The number of carboxylic acids is 1. The second-order valence-electron chi connectivity index (χ2n) is 4.60. The Labute approximate surface area is 113 Å². The predicted molar refractivity (Wildman–Crippen MR) is 73.8 cm³/mol. The van der Waals surface area contributed by atoms with Crippen LogP contribution in [0.25, 0.3) is 0 Å². The summed E-state index contributed by atoms with van der Waals surface area (Å²) in [5.74, 6) is -1.28. The van der Waals surface area contributed by atoms with Gasteiger partial charge in [-0.1, -0.05) is 44.2 Å². The Morgan fingerprint density at radius 2 is 1.74 bits per heavy atom. The molecule has 0 aliphatic rings. The Kier molecular flexibility index (Phi) is 6.06. The number of carbonyl (C=O) groups is 2. The van der Waals surface area contributed by atoms with Crippen molar-refractivity contribution in [3.8, 4) is 0 Å². The molecule has 0 spiro atoms. The van der Waals surface area contributed by atoms with Gasteiger partial charge in [0.2, 0.25) is 5.91 Å². The summed E-state index contributed by atoms with van der Waals surface area (Å²) >= 11 is 0. The molecule has 1 rings (SSSR count). The normalized spacial score (nSPS) is 12.2. The number of hydrogen-bond donors (Lipinski definition) is 2. The molecule has 4 nitrogen and oxygen atoms in total. The molecule has 4 heteroatoms. The first-order valence-electron chi connectivity index (χ1n) is 6.65. The maximum atomic E-state index is 11.9. The Morgan fingerprint density at radius 3 is 2.21 bits per heavy atom. The summed E-state index contributed by atoms with van der Waals surface area (Å²) in [6.07, 6.45) is 1.75. The Morgan fingerprint density at radius 1 is 1.16 bits per heavy atom. The highest BCUT2D eigenvalue weighted by molar-refractivity contribution is 5.85. The molecule has 0 unspecified atom stereocenters. The van der Waals surface area contributed by atoms with Gasteiger partial charge in [-0.15, -0.1) is 0 Å². The van der Waals surface area contributed by atoms with Gasteiger partial charge >= 0.3 is 5.97 Å². The van der Waals surface area contributed by atoms with Gasteiger partial charge in [-0.3, -0.25) is 4.79 Å². The fourth-order valence-electron chi connectivity index (χ4n) is 2.00. The molecule has 0 saturated carbocycles. The third-order valence-electron chi connectivity index (χ3n) is 3.25. The van der Waals surface area contributed by atoms with E-state index < -0.39 is 12.0 Å². The molecule has 0 bridgehead atoms. The second-order valence-corrected chi connectivity index (χ2v) is 4.60. The number of amides is 1. The van der Waals surface area contributed by atoms with Crippen molar-refractivity contribution in [2.24, 2.45) is 5.92 Å². The quantitative estimate of drug-likeness (QED) is 0.792. The van der Waals surface area contributed by atoms with E-state index in [-0.39, 0.29) is 11.8 Å². The number of hydrogen-bond acceptors (Lipinski definition) is 2. The van der Waals surface area contributed by atoms with Crippen molar-refractivity contribution >= 4 is 11.9 Å². The van der Waals surface area contributed by atoms with E-state index >= 15 is 0 Å². The molecule has 0 saturated heterocycles. The smallest absolute Gasteiger partial charge is 0.326 e. The first-order valence-corrected chi connectivity index (χ1v) is 6.65. The lowest BCUT2D eigenvalue weighted by atomic mass is 10.0. The van der Waals surface area contributed by atoms with Gasteiger partial charge in [0.15, 0.2) is 0 Å². The highest BCUT2D eigenvalue weighted by Crippen LogP contribution is 2.09. The molecular formula is C15H21NO3. The fraction of sp³-hybridized carbons (Fsp3) is 0.467. The average molecular weight is 263 g/mol. The molecule has 19 heavy (non-hydrogen) atoms. The lowest BCUT2D eigenvalue weighted by Gasteiger charge is -2.18. The van der Waals surface area contributed by atoms with Gasteiger partial charge in [0.25, 0.3) is 0 Å². The van der Waals surface area contributed by atoms with E-state index in [1.807, 2.05) is 44.2 Å². The van der Waals surface area contributed by atoms with Crippen LogP contribution in [0, 0.1) is 5.92 Å². The van der Waals surface area contributed by atoms with Crippen LogP contribution in [0.5, 0.6) is 0 Å². The largest absolute Gasteiger partial charge is 0.480 e. The molecule has 0 fully saturated rings. The third-order valence-corrected chi connectivity index (χ3v) is 3.25. The van der Waals surface area contributed by atoms with Gasteiger partial charge < -0.3 is 10.4 Å². The molecule has 0 aliphatic carbocycles. The van der Waals surface area contributed by atoms with Crippen molar-refractivity contribution < 1.29 is 14.7 Å².